The van der Waals surface area contributed by atoms with Crippen LogP contribution >= 0.6 is 0 Å². The van der Waals surface area contributed by atoms with Gasteiger partial charge in [-0.05, 0) is 34.7 Å². The highest BCUT2D eigenvalue weighted by molar-refractivity contribution is 4.93. The minimum Gasteiger partial charge on any atom is -0.306 e. The van der Waals surface area contributed by atoms with Crippen molar-refractivity contribution in [1.29, 1.82) is 0 Å². The summed E-state index contributed by atoms with van der Waals surface area (Å²) in [5, 5.41) is 11.9. The Kier molecular flexibility index (Phi) is 5.35. The standard InChI is InChI=1S/C15H30N6/c1-13-11-19(5)6-7-20(13)8-9-21-12-14(17-18-21)10-16-15(2,3)4/h12-13,16H,6-11H2,1-5H3. The molecule has 1 atom stereocenters. The first-order chi connectivity index (χ1) is 9.83. The van der Waals surface area contributed by atoms with Crippen LogP contribution in [0, 0.1) is 0 Å². The van der Waals surface area contributed by atoms with Crippen molar-refractivity contribution in [3.05, 3.63) is 11.9 Å². The van der Waals surface area contributed by atoms with Gasteiger partial charge in [-0.25, -0.2) is 0 Å². The minimum atomic E-state index is 0.110. The number of rotatable bonds is 5. The average Bonchev–Trinajstić information content (AvgIpc) is 2.82. The SMILES string of the molecule is CC1CN(C)CCN1CCn1cc(CNC(C)(C)C)nn1. The molecular formula is C15H30N6. The fourth-order valence-electron chi connectivity index (χ4n) is 2.62. The van der Waals surface area contributed by atoms with E-state index in [0.29, 0.717) is 6.04 Å². The fourth-order valence-corrected chi connectivity index (χ4v) is 2.62. The van der Waals surface area contributed by atoms with Crippen molar-refractivity contribution in [3.8, 4) is 0 Å². The third-order valence-corrected chi connectivity index (χ3v) is 3.97. The van der Waals surface area contributed by atoms with Crippen molar-refractivity contribution in [2.24, 2.45) is 0 Å². The van der Waals surface area contributed by atoms with Crippen LogP contribution in [-0.2, 0) is 13.1 Å². The largest absolute Gasteiger partial charge is 0.306 e. The minimum absolute atomic E-state index is 0.110. The van der Waals surface area contributed by atoms with E-state index in [2.05, 4.69) is 66.4 Å². The zero-order valence-corrected chi connectivity index (χ0v) is 14.1. The van der Waals surface area contributed by atoms with Crippen LogP contribution in [0.4, 0.5) is 0 Å². The molecule has 0 radical (unpaired) electrons. The Morgan fingerprint density at radius 1 is 1.29 bits per heavy atom. The molecule has 0 spiro atoms. The van der Waals surface area contributed by atoms with Crippen LogP contribution < -0.4 is 5.32 Å². The molecule has 6 heteroatoms. The summed E-state index contributed by atoms with van der Waals surface area (Å²) in [7, 11) is 2.19. The highest BCUT2D eigenvalue weighted by Gasteiger charge is 2.21. The Hall–Kier alpha value is -0.980. The molecular weight excluding hydrogens is 264 g/mol. The predicted molar refractivity (Wildman–Crippen MR) is 85.1 cm³/mol. The van der Waals surface area contributed by atoms with Crippen molar-refractivity contribution >= 4 is 0 Å². The quantitative estimate of drug-likeness (QED) is 0.870. The zero-order valence-electron chi connectivity index (χ0n) is 14.1. The third-order valence-electron chi connectivity index (χ3n) is 3.97. The second kappa shape index (κ2) is 6.85. The Labute approximate surface area is 128 Å². The predicted octanol–water partition coefficient (Wildman–Crippen LogP) is 0.802. The summed E-state index contributed by atoms with van der Waals surface area (Å²) in [5.41, 5.74) is 1.12. The van der Waals surface area contributed by atoms with Gasteiger partial charge in [0.15, 0.2) is 0 Å². The maximum absolute atomic E-state index is 4.24. The maximum Gasteiger partial charge on any atom is 0.0965 e. The molecule has 0 saturated carbocycles. The molecule has 1 N–H and O–H groups in total. The molecule has 21 heavy (non-hydrogen) atoms. The van der Waals surface area contributed by atoms with Gasteiger partial charge in [-0.1, -0.05) is 5.21 Å². The van der Waals surface area contributed by atoms with Crippen LogP contribution in [-0.4, -0.2) is 69.6 Å². The number of aromatic nitrogens is 3. The van der Waals surface area contributed by atoms with Gasteiger partial charge in [0.2, 0.25) is 0 Å². The lowest BCUT2D eigenvalue weighted by Gasteiger charge is -2.38. The number of likely N-dealkylation sites (N-methyl/N-ethyl adjacent to an activating group) is 1. The van der Waals surface area contributed by atoms with Crippen LogP contribution in [0.15, 0.2) is 6.20 Å². The maximum atomic E-state index is 4.24. The molecule has 1 aliphatic rings. The van der Waals surface area contributed by atoms with E-state index in [1.54, 1.807) is 0 Å². The molecule has 0 amide bonds. The second-order valence-electron chi connectivity index (χ2n) is 7.22. The highest BCUT2D eigenvalue weighted by Crippen LogP contribution is 2.08. The Bertz CT molecular complexity index is 436. The number of nitrogens with zero attached hydrogens (tertiary/aromatic N) is 5. The molecule has 1 aromatic rings. The van der Waals surface area contributed by atoms with E-state index in [-0.39, 0.29) is 5.54 Å². The topological polar surface area (TPSA) is 49.2 Å². The van der Waals surface area contributed by atoms with Gasteiger partial charge in [-0.2, -0.15) is 0 Å². The van der Waals surface area contributed by atoms with E-state index in [1.807, 2.05) is 4.68 Å². The third kappa shape index (κ3) is 5.37. The molecule has 0 bridgehead atoms. The smallest absolute Gasteiger partial charge is 0.0965 e. The zero-order chi connectivity index (χ0) is 15.5. The van der Waals surface area contributed by atoms with Gasteiger partial charge in [-0.15, -0.1) is 5.10 Å². The van der Waals surface area contributed by atoms with Crippen LogP contribution in [0.5, 0.6) is 0 Å². The van der Waals surface area contributed by atoms with Gasteiger partial charge in [0.05, 0.1) is 12.2 Å². The number of nitrogens with one attached hydrogen (secondary N) is 1. The van der Waals surface area contributed by atoms with Crippen LogP contribution in [0.1, 0.15) is 33.4 Å². The van der Waals surface area contributed by atoms with Gasteiger partial charge in [-0.3, -0.25) is 9.58 Å². The molecule has 1 saturated heterocycles. The molecule has 1 aromatic heterocycles. The van der Waals surface area contributed by atoms with Gasteiger partial charge in [0.1, 0.15) is 0 Å². The monoisotopic (exact) mass is 294 g/mol. The Morgan fingerprint density at radius 2 is 2.05 bits per heavy atom. The summed E-state index contributed by atoms with van der Waals surface area (Å²) in [6, 6.07) is 0.620. The summed E-state index contributed by atoms with van der Waals surface area (Å²) in [6.07, 6.45) is 2.06. The Balaban J connectivity index is 1.77. The van der Waals surface area contributed by atoms with Crippen LogP contribution in [0.2, 0.25) is 0 Å². The molecule has 2 heterocycles. The highest BCUT2D eigenvalue weighted by atomic mass is 15.4. The second-order valence-corrected chi connectivity index (χ2v) is 7.22. The molecule has 0 aliphatic carbocycles. The molecule has 2 rings (SSSR count). The molecule has 0 aromatic carbocycles. The van der Waals surface area contributed by atoms with E-state index in [9.17, 15) is 0 Å². The van der Waals surface area contributed by atoms with E-state index >= 15 is 0 Å². The molecule has 1 unspecified atom stereocenters. The van der Waals surface area contributed by atoms with Crippen molar-refractivity contribution in [1.82, 2.24) is 30.1 Å². The molecule has 120 valence electrons. The normalized spacial score (nSPS) is 21.9. The summed E-state index contributed by atoms with van der Waals surface area (Å²) in [6.45, 7) is 15.0. The van der Waals surface area contributed by atoms with E-state index in [4.69, 9.17) is 0 Å². The van der Waals surface area contributed by atoms with E-state index in [0.717, 1.165) is 45.0 Å². The van der Waals surface area contributed by atoms with Crippen molar-refractivity contribution < 1.29 is 0 Å². The molecule has 1 aliphatic heterocycles. The average molecular weight is 294 g/mol. The molecule has 1 fully saturated rings. The summed E-state index contributed by atoms with van der Waals surface area (Å²) in [4.78, 5) is 4.93. The van der Waals surface area contributed by atoms with Crippen LogP contribution in [0.25, 0.3) is 0 Å². The van der Waals surface area contributed by atoms with Gasteiger partial charge < -0.3 is 10.2 Å². The molecule has 6 nitrogen and oxygen atoms in total. The summed E-state index contributed by atoms with van der Waals surface area (Å²) in [5.74, 6) is 0. The van der Waals surface area contributed by atoms with Crippen molar-refractivity contribution in [3.63, 3.8) is 0 Å². The number of hydrogen-bond acceptors (Lipinski definition) is 5. The number of piperazine rings is 1. The summed E-state index contributed by atoms with van der Waals surface area (Å²) < 4.78 is 1.96. The first kappa shape index (κ1) is 16.4. The lowest BCUT2D eigenvalue weighted by atomic mass is 10.1. The van der Waals surface area contributed by atoms with Crippen molar-refractivity contribution in [2.45, 2.75) is 52.4 Å². The van der Waals surface area contributed by atoms with Crippen LogP contribution in [0.3, 0.4) is 0 Å². The lowest BCUT2D eigenvalue weighted by molar-refractivity contribution is 0.0957. The Morgan fingerprint density at radius 3 is 2.71 bits per heavy atom. The number of hydrogen-bond donors (Lipinski definition) is 1. The van der Waals surface area contributed by atoms with Gasteiger partial charge in [0, 0.05) is 50.5 Å². The first-order valence-corrected chi connectivity index (χ1v) is 7.90. The lowest BCUT2D eigenvalue weighted by Crippen LogP contribution is -2.51. The van der Waals surface area contributed by atoms with E-state index < -0.39 is 0 Å². The van der Waals surface area contributed by atoms with E-state index in [1.165, 1.54) is 0 Å². The van der Waals surface area contributed by atoms with Crippen molar-refractivity contribution in [2.75, 3.05) is 33.2 Å². The fraction of sp³-hybridized carbons (Fsp3) is 0.867. The summed E-state index contributed by atoms with van der Waals surface area (Å²) >= 11 is 0. The van der Waals surface area contributed by atoms with Gasteiger partial charge in [0.25, 0.3) is 0 Å². The van der Waals surface area contributed by atoms with Gasteiger partial charge >= 0.3 is 0 Å². The first-order valence-electron chi connectivity index (χ1n) is 7.90.